The van der Waals surface area contributed by atoms with Gasteiger partial charge in [-0.2, -0.15) is 0 Å². The molecular formula is C13H23N3O5. The van der Waals surface area contributed by atoms with Gasteiger partial charge in [0.2, 0.25) is 5.91 Å². The minimum atomic E-state index is -0.888. The van der Waals surface area contributed by atoms with Crippen LogP contribution in [0.3, 0.4) is 0 Å². The number of carbonyl (C=O) groups excluding carboxylic acids is 2. The van der Waals surface area contributed by atoms with Crippen LogP contribution in [0.25, 0.3) is 0 Å². The van der Waals surface area contributed by atoms with Gasteiger partial charge >= 0.3 is 12.0 Å². The Balaban J connectivity index is 2.09. The van der Waals surface area contributed by atoms with E-state index in [0.29, 0.717) is 26.3 Å². The molecule has 0 aromatic heterocycles. The first-order chi connectivity index (χ1) is 9.99. The Morgan fingerprint density at radius 2 is 1.90 bits per heavy atom. The summed E-state index contributed by atoms with van der Waals surface area (Å²) in [5.41, 5.74) is 0. The molecule has 1 aliphatic rings. The summed E-state index contributed by atoms with van der Waals surface area (Å²) in [6.45, 7) is 4.60. The van der Waals surface area contributed by atoms with Crippen molar-refractivity contribution in [3.63, 3.8) is 0 Å². The van der Waals surface area contributed by atoms with Gasteiger partial charge in [-0.15, -0.1) is 0 Å². The normalized spacial score (nSPS) is 16.1. The van der Waals surface area contributed by atoms with Gasteiger partial charge in [0.25, 0.3) is 0 Å². The summed E-state index contributed by atoms with van der Waals surface area (Å²) in [7, 11) is 0. The second-order valence-electron chi connectivity index (χ2n) is 5.08. The first kappa shape index (κ1) is 17.2. The molecule has 0 saturated carbocycles. The van der Waals surface area contributed by atoms with E-state index in [1.165, 1.54) is 0 Å². The Hall–Kier alpha value is -1.83. The summed E-state index contributed by atoms with van der Waals surface area (Å²) in [6, 6.07) is -0.387. The van der Waals surface area contributed by atoms with Crippen molar-refractivity contribution in [1.82, 2.24) is 15.5 Å². The number of morpholine rings is 1. The van der Waals surface area contributed by atoms with Gasteiger partial charge in [-0.05, 0) is 5.92 Å². The molecule has 120 valence electrons. The zero-order valence-corrected chi connectivity index (χ0v) is 12.3. The lowest BCUT2D eigenvalue weighted by atomic mass is 10.1. The summed E-state index contributed by atoms with van der Waals surface area (Å²) < 4.78 is 5.16. The molecule has 21 heavy (non-hydrogen) atoms. The van der Waals surface area contributed by atoms with Crippen LogP contribution in [0, 0.1) is 5.92 Å². The van der Waals surface area contributed by atoms with Crippen LogP contribution in [0.5, 0.6) is 0 Å². The van der Waals surface area contributed by atoms with Gasteiger partial charge in [0.15, 0.2) is 0 Å². The molecule has 1 aliphatic heterocycles. The van der Waals surface area contributed by atoms with Gasteiger partial charge in [0, 0.05) is 39.0 Å². The van der Waals surface area contributed by atoms with Crippen molar-refractivity contribution in [3.8, 4) is 0 Å². The van der Waals surface area contributed by atoms with Crippen molar-refractivity contribution < 1.29 is 24.2 Å². The van der Waals surface area contributed by atoms with Crippen molar-refractivity contribution in [2.24, 2.45) is 5.92 Å². The quantitative estimate of drug-likeness (QED) is 0.595. The number of hydrogen-bond donors (Lipinski definition) is 3. The number of aliphatic carboxylic acids is 1. The predicted molar refractivity (Wildman–Crippen MR) is 74.8 cm³/mol. The monoisotopic (exact) mass is 301 g/mol. The summed E-state index contributed by atoms with van der Waals surface area (Å²) in [5.74, 6) is -1.03. The van der Waals surface area contributed by atoms with E-state index in [-0.39, 0.29) is 43.8 Å². The lowest BCUT2D eigenvalue weighted by Crippen LogP contribution is -2.43. The third kappa shape index (κ3) is 7.50. The Morgan fingerprint density at radius 1 is 1.24 bits per heavy atom. The summed E-state index contributed by atoms with van der Waals surface area (Å²) in [5, 5.41) is 13.8. The van der Waals surface area contributed by atoms with Crippen LogP contribution in [0.4, 0.5) is 4.79 Å². The van der Waals surface area contributed by atoms with E-state index in [4.69, 9.17) is 9.84 Å². The van der Waals surface area contributed by atoms with E-state index in [1.807, 2.05) is 0 Å². The molecule has 0 bridgehead atoms. The van der Waals surface area contributed by atoms with Crippen LogP contribution in [0.1, 0.15) is 19.8 Å². The van der Waals surface area contributed by atoms with Gasteiger partial charge in [-0.25, -0.2) is 4.79 Å². The lowest BCUT2D eigenvalue weighted by molar-refractivity contribution is -0.138. The molecule has 3 amide bonds. The highest BCUT2D eigenvalue weighted by molar-refractivity contribution is 5.78. The van der Waals surface area contributed by atoms with E-state index < -0.39 is 5.97 Å². The highest BCUT2D eigenvalue weighted by atomic mass is 16.5. The largest absolute Gasteiger partial charge is 0.481 e. The maximum absolute atomic E-state index is 11.8. The molecule has 1 saturated heterocycles. The fraction of sp³-hybridized carbons (Fsp3) is 0.769. The zero-order valence-electron chi connectivity index (χ0n) is 12.3. The molecule has 0 aromatic rings. The first-order valence-electron chi connectivity index (χ1n) is 7.08. The predicted octanol–water partition coefficient (Wildman–Crippen LogP) is -0.355. The third-order valence-corrected chi connectivity index (χ3v) is 3.12. The summed E-state index contributed by atoms with van der Waals surface area (Å²) in [6.07, 6.45) is 0.258. The zero-order chi connectivity index (χ0) is 15.7. The fourth-order valence-corrected chi connectivity index (χ4v) is 1.95. The topological polar surface area (TPSA) is 108 Å². The number of hydrogen-bond acceptors (Lipinski definition) is 4. The van der Waals surface area contributed by atoms with Gasteiger partial charge in [-0.1, -0.05) is 6.92 Å². The van der Waals surface area contributed by atoms with E-state index in [1.54, 1.807) is 11.8 Å². The van der Waals surface area contributed by atoms with E-state index in [2.05, 4.69) is 10.6 Å². The van der Waals surface area contributed by atoms with Gasteiger partial charge < -0.3 is 25.4 Å². The minimum absolute atomic E-state index is 0.00200. The first-order valence-corrected chi connectivity index (χ1v) is 7.08. The average Bonchev–Trinajstić information content (AvgIpc) is 2.45. The molecule has 1 heterocycles. The number of rotatable bonds is 7. The Kier molecular flexibility index (Phi) is 7.52. The SMILES string of the molecule is CC(CNC(=O)NCCC(=O)N1CCOCC1)CC(=O)O. The van der Waals surface area contributed by atoms with Crippen molar-refractivity contribution in [3.05, 3.63) is 0 Å². The lowest BCUT2D eigenvalue weighted by Gasteiger charge is -2.26. The van der Waals surface area contributed by atoms with Crippen LogP contribution in [0.2, 0.25) is 0 Å². The molecule has 8 heteroatoms. The molecule has 0 aliphatic carbocycles. The van der Waals surface area contributed by atoms with E-state index >= 15 is 0 Å². The number of carbonyl (C=O) groups is 3. The van der Waals surface area contributed by atoms with Crippen molar-refractivity contribution in [2.45, 2.75) is 19.8 Å². The van der Waals surface area contributed by atoms with Crippen molar-refractivity contribution in [2.75, 3.05) is 39.4 Å². The molecule has 1 unspecified atom stereocenters. The van der Waals surface area contributed by atoms with Crippen LogP contribution in [-0.4, -0.2) is 67.3 Å². The number of nitrogens with zero attached hydrogens (tertiary/aromatic N) is 1. The molecule has 1 fully saturated rings. The van der Waals surface area contributed by atoms with E-state index in [0.717, 1.165) is 0 Å². The Bertz CT molecular complexity index is 369. The molecule has 1 rings (SSSR count). The Labute approximate surface area is 123 Å². The molecule has 1 atom stereocenters. The number of carboxylic acid groups (broad SMARTS) is 1. The summed E-state index contributed by atoms with van der Waals surface area (Å²) in [4.78, 5) is 35.5. The minimum Gasteiger partial charge on any atom is -0.481 e. The van der Waals surface area contributed by atoms with Crippen LogP contribution < -0.4 is 10.6 Å². The van der Waals surface area contributed by atoms with Gasteiger partial charge in [0.1, 0.15) is 0 Å². The Morgan fingerprint density at radius 3 is 2.52 bits per heavy atom. The van der Waals surface area contributed by atoms with Gasteiger partial charge in [0.05, 0.1) is 13.2 Å². The van der Waals surface area contributed by atoms with Crippen LogP contribution in [0.15, 0.2) is 0 Å². The molecule has 3 N–H and O–H groups in total. The number of ether oxygens (including phenoxy) is 1. The van der Waals surface area contributed by atoms with Crippen LogP contribution >= 0.6 is 0 Å². The maximum atomic E-state index is 11.8. The third-order valence-electron chi connectivity index (χ3n) is 3.12. The van der Waals surface area contributed by atoms with Gasteiger partial charge in [-0.3, -0.25) is 9.59 Å². The smallest absolute Gasteiger partial charge is 0.314 e. The van der Waals surface area contributed by atoms with Crippen LogP contribution in [-0.2, 0) is 14.3 Å². The number of urea groups is 1. The summed E-state index contributed by atoms with van der Waals surface area (Å²) >= 11 is 0. The average molecular weight is 301 g/mol. The second-order valence-corrected chi connectivity index (χ2v) is 5.08. The number of amides is 3. The number of nitrogens with one attached hydrogen (secondary N) is 2. The second kappa shape index (κ2) is 9.17. The standard InChI is InChI=1S/C13H23N3O5/c1-10(8-12(18)19)9-15-13(20)14-3-2-11(17)16-4-6-21-7-5-16/h10H,2-9H2,1H3,(H,18,19)(H2,14,15,20). The molecular weight excluding hydrogens is 278 g/mol. The maximum Gasteiger partial charge on any atom is 0.314 e. The molecule has 0 radical (unpaired) electrons. The number of carboxylic acids is 1. The van der Waals surface area contributed by atoms with Crippen molar-refractivity contribution >= 4 is 17.9 Å². The molecule has 0 spiro atoms. The fourth-order valence-electron chi connectivity index (χ4n) is 1.95. The molecule has 0 aromatic carbocycles. The van der Waals surface area contributed by atoms with E-state index in [9.17, 15) is 14.4 Å². The van der Waals surface area contributed by atoms with Crippen molar-refractivity contribution in [1.29, 1.82) is 0 Å². The molecule has 8 nitrogen and oxygen atoms in total. The highest BCUT2D eigenvalue weighted by Gasteiger charge is 2.16. The highest BCUT2D eigenvalue weighted by Crippen LogP contribution is 2.00.